The van der Waals surface area contributed by atoms with Crippen molar-refractivity contribution in [1.29, 1.82) is 0 Å². The monoisotopic (exact) mass is 764 g/mol. The maximum atomic E-state index is 6.51. The summed E-state index contributed by atoms with van der Waals surface area (Å²) in [5.41, 5.74) is 16.3. The van der Waals surface area contributed by atoms with Crippen molar-refractivity contribution in [2.45, 2.75) is 5.41 Å². The fourth-order valence-electron chi connectivity index (χ4n) is 9.73. The first-order valence-corrected chi connectivity index (χ1v) is 20.5. The SMILES string of the molecule is c1ccc(-c2nc(-c3ccc(-c4ccc5c(c4)Oc4cccc6cccc-5c46)cc3)cc(-c3cccc4c3-c3ccccc3C4(c3ccccc3)c3ccccc3)n2)cc1. The number of fused-ring (bicyclic) bond motifs is 5. The van der Waals surface area contributed by atoms with Crippen molar-refractivity contribution in [3.8, 4) is 78.8 Å². The molecule has 2 heterocycles. The predicted molar refractivity (Wildman–Crippen MR) is 244 cm³/mol. The molecule has 0 saturated carbocycles. The van der Waals surface area contributed by atoms with Crippen LogP contribution in [0.1, 0.15) is 22.3 Å². The third-order valence-corrected chi connectivity index (χ3v) is 12.4. The Hall–Kier alpha value is -7.88. The summed E-state index contributed by atoms with van der Waals surface area (Å²) in [7, 11) is 0. The average molecular weight is 765 g/mol. The van der Waals surface area contributed by atoms with E-state index >= 15 is 0 Å². The smallest absolute Gasteiger partial charge is 0.160 e. The van der Waals surface area contributed by atoms with Crippen LogP contribution in [0.2, 0.25) is 0 Å². The van der Waals surface area contributed by atoms with E-state index in [0.29, 0.717) is 5.82 Å². The largest absolute Gasteiger partial charge is 0.456 e. The predicted octanol–water partition coefficient (Wildman–Crippen LogP) is 14.4. The molecule has 1 aromatic heterocycles. The standard InChI is InChI=1S/C57H36N2O/c1-4-15-40(16-5-1)56-58-50(38-31-29-37(30-32-38)41-33-34-44-45-24-12-17-39-18-13-28-52(54(39)45)60-53(44)35-41)36-51(59-56)47-25-14-27-49-55(47)46-23-10-11-26-48(46)57(49,42-19-6-2-7-20-42)43-21-8-3-9-22-43/h1-36H. The van der Waals surface area contributed by atoms with E-state index in [9.17, 15) is 0 Å². The molecule has 0 bridgehead atoms. The molecule has 0 radical (unpaired) electrons. The van der Waals surface area contributed by atoms with E-state index in [1.165, 1.54) is 49.7 Å². The van der Waals surface area contributed by atoms with Gasteiger partial charge in [-0.15, -0.1) is 0 Å². The molecule has 12 rings (SSSR count). The second kappa shape index (κ2) is 13.6. The number of hydrogen-bond donors (Lipinski definition) is 0. The van der Waals surface area contributed by atoms with Crippen LogP contribution in [0, 0.1) is 0 Å². The van der Waals surface area contributed by atoms with Crippen LogP contribution in [0.25, 0.3) is 78.1 Å². The van der Waals surface area contributed by atoms with Crippen LogP contribution in [0.4, 0.5) is 0 Å². The van der Waals surface area contributed by atoms with Crippen molar-refractivity contribution in [2.75, 3.05) is 0 Å². The summed E-state index contributed by atoms with van der Waals surface area (Å²) in [5, 5.41) is 2.35. The maximum Gasteiger partial charge on any atom is 0.160 e. The lowest BCUT2D eigenvalue weighted by atomic mass is 9.67. The highest BCUT2D eigenvalue weighted by Crippen LogP contribution is 2.58. The topological polar surface area (TPSA) is 35.0 Å². The molecule has 0 atom stereocenters. The molecule has 1 aliphatic carbocycles. The lowest BCUT2D eigenvalue weighted by Crippen LogP contribution is -2.28. The van der Waals surface area contributed by atoms with Gasteiger partial charge in [0.2, 0.25) is 0 Å². The van der Waals surface area contributed by atoms with Crippen molar-refractivity contribution in [3.63, 3.8) is 0 Å². The van der Waals surface area contributed by atoms with E-state index < -0.39 is 5.41 Å². The summed E-state index contributed by atoms with van der Waals surface area (Å²) in [6.07, 6.45) is 0. The minimum atomic E-state index is -0.503. The minimum absolute atomic E-state index is 0.503. The fraction of sp³-hybridized carbons (Fsp3) is 0.0175. The first kappa shape index (κ1) is 34.2. The molecule has 2 aliphatic rings. The first-order chi connectivity index (χ1) is 29.7. The van der Waals surface area contributed by atoms with Gasteiger partial charge in [-0.25, -0.2) is 9.97 Å². The molecule has 3 nitrogen and oxygen atoms in total. The minimum Gasteiger partial charge on any atom is -0.456 e. The Morgan fingerprint density at radius 3 is 1.70 bits per heavy atom. The van der Waals surface area contributed by atoms with Crippen LogP contribution in [0.5, 0.6) is 11.5 Å². The number of hydrogen-bond acceptors (Lipinski definition) is 3. The molecule has 0 spiro atoms. The van der Waals surface area contributed by atoms with E-state index in [4.69, 9.17) is 14.7 Å². The van der Waals surface area contributed by atoms with Crippen LogP contribution in [-0.2, 0) is 5.41 Å². The first-order valence-electron chi connectivity index (χ1n) is 20.5. The Kier molecular flexibility index (Phi) is 7.76. The maximum absolute atomic E-state index is 6.51. The normalized spacial score (nSPS) is 12.9. The summed E-state index contributed by atoms with van der Waals surface area (Å²) in [4.78, 5) is 10.6. The Morgan fingerprint density at radius 1 is 0.350 bits per heavy atom. The van der Waals surface area contributed by atoms with Crippen LogP contribution < -0.4 is 4.74 Å². The molecule has 280 valence electrons. The highest BCUT2D eigenvalue weighted by Gasteiger charge is 2.46. The Morgan fingerprint density at radius 2 is 0.933 bits per heavy atom. The Balaban J connectivity index is 0.996. The lowest BCUT2D eigenvalue weighted by Gasteiger charge is -2.33. The van der Waals surface area contributed by atoms with Crippen molar-refractivity contribution in [3.05, 3.63) is 241 Å². The number of benzene rings is 9. The van der Waals surface area contributed by atoms with Gasteiger partial charge in [-0.1, -0.05) is 194 Å². The fourth-order valence-corrected chi connectivity index (χ4v) is 9.73. The molecule has 9 aromatic carbocycles. The second-order valence-electron chi connectivity index (χ2n) is 15.6. The highest BCUT2D eigenvalue weighted by molar-refractivity contribution is 6.04. The van der Waals surface area contributed by atoms with E-state index in [2.05, 4.69) is 200 Å². The van der Waals surface area contributed by atoms with Crippen molar-refractivity contribution in [1.82, 2.24) is 9.97 Å². The van der Waals surface area contributed by atoms with Gasteiger partial charge in [0.15, 0.2) is 5.82 Å². The van der Waals surface area contributed by atoms with Gasteiger partial charge in [-0.2, -0.15) is 0 Å². The third kappa shape index (κ3) is 5.23. The van der Waals surface area contributed by atoms with E-state index in [0.717, 1.165) is 56.3 Å². The zero-order valence-electron chi connectivity index (χ0n) is 32.6. The molecular formula is C57H36N2O. The van der Waals surface area contributed by atoms with Gasteiger partial charge >= 0.3 is 0 Å². The van der Waals surface area contributed by atoms with Gasteiger partial charge in [0.25, 0.3) is 0 Å². The highest BCUT2D eigenvalue weighted by atomic mass is 16.5. The van der Waals surface area contributed by atoms with Crippen LogP contribution in [0.15, 0.2) is 218 Å². The average Bonchev–Trinajstić information content (AvgIpc) is 3.64. The van der Waals surface area contributed by atoms with E-state index in [-0.39, 0.29) is 0 Å². The van der Waals surface area contributed by atoms with Gasteiger partial charge in [-0.3, -0.25) is 0 Å². The quantitative estimate of drug-likeness (QED) is 0.169. The Bertz CT molecular complexity index is 3220. The van der Waals surface area contributed by atoms with Gasteiger partial charge in [-0.05, 0) is 79.7 Å². The number of nitrogens with zero attached hydrogens (tertiary/aromatic N) is 2. The lowest BCUT2D eigenvalue weighted by molar-refractivity contribution is 0.487. The molecule has 0 fully saturated rings. The molecule has 60 heavy (non-hydrogen) atoms. The summed E-state index contributed by atoms with van der Waals surface area (Å²) in [6.45, 7) is 0. The molecule has 0 N–H and O–H groups in total. The van der Waals surface area contributed by atoms with Gasteiger partial charge in [0.1, 0.15) is 11.5 Å². The second-order valence-corrected chi connectivity index (χ2v) is 15.6. The summed E-state index contributed by atoms with van der Waals surface area (Å²) in [6, 6.07) is 77.9. The molecule has 0 saturated heterocycles. The summed E-state index contributed by atoms with van der Waals surface area (Å²) >= 11 is 0. The van der Waals surface area contributed by atoms with Crippen LogP contribution >= 0.6 is 0 Å². The molecule has 0 amide bonds. The summed E-state index contributed by atoms with van der Waals surface area (Å²) in [5.74, 6) is 2.46. The number of rotatable bonds is 6. The molecule has 1 aliphatic heterocycles. The molecular weight excluding hydrogens is 729 g/mol. The van der Waals surface area contributed by atoms with Gasteiger partial charge in [0.05, 0.1) is 16.8 Å². The molecule has 10 aromatic rings. The van der Waals surface area contributed by atoms with Crippen molar-refractivity contribution in [2.24, 2.45) is 0 Å². The zero-order chi connectivity index (χ0) is 39.6. The van der Waals surface area contributed by atoms with Gasteiger partial charge < -0.3 is 4.74 Å². The van der Waals surface area contributed by atoms with E-state index in [1.807, 2.05) is 18.2 Å². The number of ether oxygens (including phenoxy) is 1. The van der Waals surface area contributed by atoms with Crippen molar-refractivity contribution >= 4 is 10.8 Å². The number of aromatic nitrogens is 2. The van der Waals surface area contributed by atoms with Gasteiger partial charge in [0, 0.05) is 27.6 Å². The molecule has 3 heteroatoms. The van der Waals surface area contributed by atoms with E-state index in [1.54, 1.807) is 0 Å². The summed E-state index contributed by atoms with van der Waals surface area (Å²) < 4.78 is 6.51. The zero-order valence-corrected chi connectivity index (χ0v) is 32.6. The van der Waals surface area contributed by atoms with Crippen LogP contribution in [0.3, 0.4) is 0 Å². The van der Waals surface area contributed by atoms with Crippen LogP contribution in [-0.4, -0.2) is 9.97 Å². The Labute approximate surface area is 348 Å². The third-order valence-electron chi connectivity index (χ3n) is 12.4. The van der Waals surface area contributed by atoms with Crippen molar-refractivity contribution < 1.29 is 4.74 Å². The molecule has 0 unspecified atom stereocenters.